The van der Waals surface area contributed by atoms with Crippen LogP contribution < -0.4 is 10.6 Å². The molecule has 1 fully saturated rings. The van der Waals surface area contributed by atoms with Crippen LogP contribution in [0.1, 0.15) is 86.0 Å². The Kier molecular flexibility index (Phi) is 8.07. The van der Waals surface area contributed by atoms with Gasteiger partial charge in [-0.3, -0.25) is 9.59 Å². The summed E-state index contributed by atoms with van der Waals surface area (Å²) in [7, 11) is 0. The van der Waals surface area contributed by atoms with Crippen LogP contribution in [0.25, 0.3) is 0 Å². The van der Waals surface area contributed by atoms with Gasteiger partial charge in [0.05, 0.1) is 0 Å². The van der Waals surface area contributed by atoms with Gasteiger partial charge in [-0.2, -0.15) is 0 Å². The Labute approximate surface area is 142 Å². The van der Waals surface area contributed by atoms with E-state index in [1.165, 1.54) is 32.1 Å². The molecule has 1 aliphatic carbocycles. The van der Waals surface area contributed by atoms with Crippen LogP contribution in [-0.4, -0.2) is 23.4 Å². The predicted molar refractivity (Wildman–Crippen MR) is 95.1 cm³/mol. The van der Waals surface area contributed by atoms with Gasteiger partial charge >= 0.3 is 0 Å². The summed E-state index contributed by atoms with van der Waals surface area (Å²) in [5.74, 6) is 1.07. The van der Waals surface area contributed by atoms with E-state index in [9.17, 15) is 9.59 Å². The molecule has 4 heteroatoms. The van der Waals surface area contributed by atoms with Crippen molar-refractivity contribution in [3.05, 3.63) is 0 Å². The summed E-state index contributed by atoms with van der Waals surface area (Å²) in [5.41, 5.74) is -0.261. The molecule has 2 N–H and O–H groups in total. The average Bonchev–Trinajstić information content (AvgIpc) is 2.36. The van der Waals surface area contributed by atoms with E-state index in [2.05, 4.69) is 31.4 Å². The standard InChI is InChI=1S/C19H36N2O2/c1-14(2)20-17(22)11-15(3)13-19(4,5)21-18(23)12-16-9-7-6-8-10-16/h14-16H,6-13H2,1-5H3,(H,20,22)(H,21,23). The summed E-state index contributed by atoms with van der Waals surface area (Å²) in [6, 6.07) is 0.179. The first-order valence-electron chi connectivity index (χ1n) is 9.28. The predicted octanol–water partition coefficient (Wildman–Crippen LogP) is 3.79. The SMILES string of the molecule is CC(CC(=O)NC(C)C)CC(C)(C)NC(=O)CC1CCCCC1. The van der Waals surface area contributed by atoms with Gasteiger partial charge in [-0.05, 0) is 58.8 Å². The fraction of sp³-hybridized carbons (Fsp3) is 0.895. The maximum Gasteiger partial charge on any atom is 0.220 e. The Balaban J connectivity index is 2.35. The molecule has 0 aromatic heterocycles. The average molecular weight is 325 g/mol. The molecule has 0 saturated heterocycles. The summed E-state index contributed by atoms with van der Waals surface area (Å²) in [6.07, 6.45) is 8.23. The zero-order valence-electron chi connectivity index (χ0n) is 15.7. The lowest BCUT2D eigenvalue weighted by atomic mass is 9.85. The third-order valence-corrected chi connectivity index (χ3v) is 4.52. The van der Waals surface area contributed by atoms with E-state index in [1.807, 2.05) is 13.8 Å². The van der Waals surface area contributed by atoms with Crippen molar-refractivity contribution in [2.24, 2.45) is 11.8 Å². The molecule has 1 atom stereocenters. The molecule has 1 aliphatic rings. The highest BCUT2D eigenvalue weighted by Crippen LogP contribution is 2.27. The Morgan fingerprint density at radius 2 is 1.65 bits per heavy atom. The lowest BCUT2D eigenvalue weighted by Crippen LogP contribution is -2.45. The molecule has 0 aliphatic heterocycles. The monoisotopic (exact) mass is 324 g/mol. The molecule has 2 amide bonds. The van der Waals surface area contributed by atoms with Crippen molar-refractivity contribution in [2.45, 2.75) is 97.6 Å². The summed E-state index contributed by atoms with van der Waals surface area (Å²) in [5, 5.41) is 6.11. The first-order chi connectivity index (χ1) is 10.7. The maximum atomic E-state index is 12.3. The number of carbonyl (C=O) groups excluding carboxylic acids is 2. The largest absolute Gasteiger partial charge is 0.354 e. The number of hydrogen-bond donors (Lipinski definition) is 2. The molecule has 0 radical (unpaired) electrons. The van der Waals surface area contributed by atoms with Crippen LogP contribution >= 0.6 is 0 Å². The summed E-state index contributed by atoms with van der Waals surface area (Å²) >= 11 is 0. The molecular weight excluding hydrogens is 288 g/mol. The molecular formula is C19H36N2O2. The van der Waals surface area contributed by atoms with Gasteiger partial charge < -0.3 is 10.6 Å². The number of amides is 2. The molecule has 134 valence electrons. The van der Waals surface area contributed by atoms with Gasteiger partial charge in [0.15, 0.2) is 0 Å². The van der Waals surface area contributed by atoms with Crippen LogP contribution in [0, 0.1) is 11.8 Å². The molecule has 0 aromatic carbocycles. The van der Waals surface area contributed by atoms with E-state index in [1.54, 1.807) is 0 Å². The second kappa shape index (κ2) is 9.29. The molecule has 1 unspecified atom stereocenters. The van der Waals surface area contributed by atoms with E-state index in [0.29, 0.717) is 18.8 Å². The second-order valence-corrected chi connectivity index (χ2v) is 8.38. The van der Waals surface area contributed by atoms with Gasteiger partial charge in [0.2, 0.25) is 11.8 Å². The van der Waals surface area contributed by atoms with Crippen molar-refractivity contribution >= 4 is 11.8 Å². The molecule has 0 aromatic rings. The van der Waals surface area contributed by atoms with Gasteiger partial charge in [-0.25, -0.2) is 0 Å². The molecule has 4 nitrogen and oxygen atoms in total. The quantitative estimate of drug-likeness (QED) is 0.713. The van der Waals surface area contributed by atoms with Crippen LogP contribution in [0.3, 0.4) is 0 Å². The van der Waals surface area contributed by atoms with E-state index in [0.717, 1.165) is 6.42 Å². The number of hydrogen-bond acceptors (Lipinski definition) is 2. The van der Waals surface area contributed by atoms with Gasteiger partial charge in [-0.1, -0.05) is 26.2 Å². The Morgan fingerprint density at radius 3 is 2.22 bits per heavy atom. The van der Waals surface area contributed by atoms with Crippen LogP contribution in [0.4, 0.5) is 0 Å². The van der Waals surface area contributed by atoms with Gasteiger partial charge in [0.25, 0.3) is 0 Å². The van der Waals surface area contributed by atoms with Crippen LogP contribution in [-0.2, 0) is 9.59 Å². The molecule has 0 bridgehead atoms. The first kappa shape index (κ1) is 20.0. The zero-order valence-corrected chi connectivity index (χ0v) is 15.7. The Bertz CT molecular complexity index is 385. The molecule has 0 heterocycles. The number of nitrogens with one attached hydrogen (secondary N) is 2. The summed E-state index contributed by atoms with van der Waals surface area (Å²) < 4.78 is 0. The normalized spacial score (nSPS) is 17.8. The Hall–Kier alpha value is -1.06. The van der Waals surface area contributed by atoms with Gasteiger partial charge in [0, 0.05) is 24.4 Å². The van der Waals surface area contributed by atoms with Crippen molar-refractivity contribution in [1.29, 1.82) is 0 Å². The fourth-order valence-corrected chi connectivity index (χ4v) is 3.77. The van der Waals surface area contributed by atoms with E-state index in [4.69, 9.17) is 0 Å². The zero-order chi connectivity index (χ0) is 17.5. The van der Waals surface area contributed by atoms with E-state index >= 15 is 0 Å². The molecule has 1 saturated carbocycles. The minimum Gasteiger partial charge on any atom is -0.354 e. The van der Waals surface area contributed by atoms with E-state index < -0.39 is 0 Å². The van der Waals surface area contributed by atoms with E-state index in [-0.39, 0.29) is 29.3 Å². The molecule has 23 heavy (non-hydrogen) atoms. The third-order valence-electron chi connectivity index (χ3n) is 4.52. The fourth-order valence-electron chi connectivity index (χ4n) is 3.77. The summed E-state index contributed by atoms with van der Waals surface area (Å²) in [4.78, 5) is 24.1. The van der Waals surface area contributed by atoms with Crippen molar-refractivity contribution in [3.63, 3.8) is 0 Å². The minimum atomic E-state index is -0.261. The molecule has 0 spiro atoms. The number of rotatable bonds is 8. The van der Waals surface area contributed by atoms with Crippen molar-refractivity contribution in [3.8, 4) is 0 Å². The highest BCUT2D eigenvalue weighted by Gasteiger charge is 2.26. The van der Waals surface area contributed by atoms with Crippen LogP contribution in [0.2, 0.25) is 0 Å². The summed E-state index contributed by atoms with van der Waals surface area (Å²) in [6.45, 7) is 10.1. The smallest absolute Gasteiger partial charge is 0.220 e. The van der Waals surface area contributed by atoms with Gasteiger partial charge in [0.1, 0.15) is 0 Å². The first-order valence-corrected chi connectivity index (χ1v) is 9.28. The number of carbonyl (C=O) groups is 2. The molecule has 1 rings (SSSR count). The van der Waals surface area contributed by atoms with Crippen LogP contribution in [0.15, 0.2) is 0 Å². The highest BCUT2D eigenvalue weighted by atomic mass is 16.2. The third kappa shape index (κ3) is 8.97. The topological polar surface area (TPSA) is 58.2 Å². The highest BCUT2D eigenvalue weighted by molar-refractivity contribution is 5.77. The second-order valence-electron chi connectivity index (χ2n) is 8.38. The lowest BCUT2D eigenvalue weighted by molar-refractivity contribution is -0.124. The maximum absolute atomic E-state index is 12.3. The van der Waals surface area contributed by atoms with Crippen molar-refractivity contribution in [1.82, 2.24) is 10.6 Å². The lowest BCUT2D eigenvalue weighted by Gasteiger charge is -2.30. The van der Waals surface area contributed by atoms with Crippen molar-refractivity contribution in [2.75, 3.05) is 0 Å². The Morgan fingerprint density at radius 1 is 1.04 bits per heavy atom. The van der Waals surface area contributed by atoms with Gasteiger partial charge in [-0.15, -0.1) is 0 Å². The minimum absolute atomic E-state index is 0.0943. The van der Waals surface area contributed by atoms with Crippen LogP contribution in [0.5, 0.6) is 0 Å². The van der Waals surface area contributed by atoms with Crippen molar-refractivity contribution < 1.29 is 9.59 Å².